The average molecular weight is 230 g/mol. The van der Waals surface area contributed by atoms with E-state index < -0.39 is 0 Å². The fourth-order valence-electron chi connectivity index (χ4n) is 1.55. The minimum absolute atomic E-state index is 0.0185. The van der Waals surface area contributed by atoms with Crippen molar-refractivity contribution in [1.82, 2.24) is 9.55 Å². The van der Waals surface area contributed by atoms with E-state index in [2.05, 4.69) is 4.98 Å². The molecule has 0 radical (unpaired) electrons. The highest BCUT2D eigenvalue weighted by Crippen LogP contribution is 2.14. The highest BCUT2D eigenvalue weighted by Gasteiger charge is 2.20. The van der Waals surface area contributed by atoms with Crippen molar-refractivity contribution in [1.29, 1.82) is 0 Å². The Balaban J connectivity index is 2.88. The summed E-state index contributed by atoms with van der Waals surface area (Å²) in [6, 6.07) is 0. The summed E-state index contributed by atoms with van der Waals surface area (Å²) in [5.74, 6) is 0. The van der Waals surface area contributed by atoms with Gasteiger partial charge in [0.05, 0.1) is 24.4 Å². The molecule has 1 aromatic heterocycles. The van der Waals surface area contributed by atoms with Crippen molar-refractivity contribution in [3.05, 3.63) is 16.7 Å². The minimum atomic E-state index is -0.279. The molecule has 86 valence electrons. The Bertz CT molecular complexity index is 368. The summed E-state index contributed by atoms with van der Waals surface area (Å²) < 4.78 is 8.08. The van der Waals surface area contributed by atoms with Crippen LogP contribution in [-0.4, -0.2) is 26.9 Å². The van der Waals surface area contributed by atoms with Gasteiger partial charge in [-0.3, -0.25) is 0 Å². The minimum Gasteiger partial charge on any atom is -0.390 e. The number of nitrogens with one attached hydrogen (secondary N) is 1. The summed E-state index contributed by atoms with van der Waals surface area (Å²) in [4.78, 5) is 2.92. The van der Waals surface area contributed by atoms with Crippen LogP contribution in [-0.2, 0) is 17.9 Å². The van der Waals surface area contributed by atoms with E-state index in [-0.39, 0.29) is 12.2 Å². The Morgan fingerprint density at radius 2 is 2.27 bits per heavy atom. The first-order valence-electron chi connectivity index (χ1n) is 5.02. The van der Waals surface area contributed by atoms with Crippen LogP contribution in [0.4, 0.5) is 0 Å². The normalized spacial score (nSPS) is 12.0. The van der Waals surface area contributed by atoms with Gasteiger partial charge < -0.3 is 19.4 Å². The molecule has 0 aromatic carbocycles. The standard InChI is InChI=1S/C10H18N2O2S/c1-4-14-10(2,3)7-12-8(6-13)5-11-9(12)15/h5,13H,4,6-7H2,1-3H3,(H,11,15). The van der Waals surface area contributed by atoms with Crippen molar-refractivity contribution in [2.75, 3.05) is 6.61 Å². The van der Waals surface area contributed by atoms with Crippen LogP contribution in [0.1, 0.15) is 26.5 Å². The molecule has 0 amide bonds. The third-order valence-electron chi connectivity index (χ3n) is 2.19. The summed E-state index contributed by atoms with van der Waals surface area (Å²) in [6.45, 7) is 7.26. The van der Waals surface area contributed by atoms with E-state index in [1.807, 2.05) is 25.3 Å². The molecule has 0 saturated heterocycles. The number of nitrogens with zero attached hydrogens (tertiary/aromatic N) is 1. The second-order valence-electron chi connectivity index (χ2n) is 4.02. The molecular formula is C10H18N2O2S. The van der Waals surface area contributed by atoms with Crippen molar-refractivity contribution in [2.24, 2.45) is 0 Å². The molecule has 5 heteroatoms. The third-order valence-corrected chi connectivity index (χ3v) is 2.53. The lowest BCUT2D eigenvalue weighted by Crippen LogP contribution is -2.31. The van der Waals surface area contributed by atoms with E-state index in [1.165, 1.54) is 0 Å². The first-order chi connectivity index (χ1) is 7.00. The number of imidazole rings is 1. The predicted octanol–water partition coefficient (Wildman–Crippen LogP) is 1.85. The number of ether oxygens (including phenoxy) is 1. The van der Waals surface area contributed by atoms with Gasteiger partial charge in [0.25, 0.3) is 0 Å². The second kappa shape index (κ2) is 4.92. The van der Waals surface area contributed by atoms with Gasteiger partial charge in [-0.05, 0) is 33.0 Å². The summed E-state index contributed by atoms with van der Waals surface area (Å²) in [5, 5.41) is 9.13. The Labute approximate surface area is 94.9 Å². The molecule has 15 heavy (non-hydrogen) atoms. The number of aromatic nitrogens is 2. The SMILES string of the molecule is CCOC(C)(C)Cn1c(CO)c[nH]c1=S. The molecule has 0 unspecified atom stereocenters. The van der Waals surface area contributed by atoms with Gasteiger partial charge in [-0.15, -0.1) is 0 Å². The summed E-state index contributed by atoms with van der Waals surface area (Å²) >= 11 is 5.13. The quantitative estimate of drug-likeness (QED) is 0.759. The molecule has 0 fully saturated rings. The van der Waals surface area contributed by atoms with Crippen LogP contribution in [0.25, 0.3) is 0 Å². The average Bonchev–Trinajstić information content (AvgIpc) is 2.47. The van der Waals surface area contributed by atoms with Gasteiger partial charge in [-0.1, -0.05) is 0 Å². The molecule has 1 heterocycles. The molecule has 0 aliphatic carbocycles. The Kier molecular flexibility index (Phi) is 4.07. The summed E-state index contributed by atoms with van der Waals surface area (Å²) in [7, 11) is 0. The van der Waals surface area contributed by atoms with Gasteiger partial charge in [-0.25, -0.2) is 0 Å². The smallest absolute Gasteiger partial charge is 0.177 e. The van der Waals surface area contributed by atoms with E-state index in [0.29, 0.717) is 17.9 Å². The largest absolute Gasteiger partial charge is 0.390 e. The monoisotopic (exact) mass is 230 g/mol. The number of rotatable bonds is 5. The molecule has 0 bridgehead atoms. The van der Waals surface area contributed by atoms with Crippen LogP contribution in [0, 0.1) is 4.77 Å². The van der Waals surface area contributed by atoms with Gasteiger partial charge in [0, 0.05) is 12.8 Å². The Hall–Kier alpha value is -0.650. The number of aliphatic hydroxyl groups is 1. The first-order valence-corrected chi connectivity index (χ1v) is 5.43. The molecule has 2 N–H and O–H groups in total. The molecule has 0 atom stereocenters. The van der Waals surface area contributed by atoms with Gasteiger partial charge in [0.15, 0.2) is 4.77 Å². The van der Waals surface area contributed by atoms with Crippen LogP contribution in [0.3, 0.4) is 0 Å². The van der Waals surface area contributed by atoms with Crippen molar-refractivity contribution in [2.45, 2.75) is 39.5 Å². The van der Waals surface area contributed by atoms with E-state index in [0.717, 1.165) is 5.69 Å². The number of aromatic amines is 1. The fraction of sp³-hybridized carbons (Fsp3) is 0.700. The van der Waals surface area contributed by atoms with Crippen LogP contribution < -0.4 is 0 Å². The molecule has 0 aliphatic rings. The van der Waals surface area contributed by atoms with Crippen LogP contribution in [0.2, 0.25) is 0 Å². The van der Waals surface area contributed by atoms with E-state index in [9.17, 15) is 0 Å². The molecular weight excluding hydrogens is 212 g/mol. The van der Waals surface area contributed by atoms with E-state index in [1.54, 1.807) is 6.20 Å². The van der Waals surface area contributed by atoms with Crippen molar-refractivity contribution >= 4 is 12.2 Å². The lowest BCUT2D eigenvalue weighted by molar-refractivity contribution is -0.0235. The second-order valence-corrected chi connectivity index (χ2v) is 4.41. The molecule has 0 aliphatic heterocycles. The number of aliphatic hydroxyl groups excluding tert-OH is 1. The Morgan fingerprint density at radius 3 is 2.80 bits per heavy atom. The Morgan fingerprint density at radius 1 is 1.60 bits per heavy atom. The van der Waals surface area contributed by atoms with Crippen molar-refractivity contribution in [3.8, 4) is 0 Å². The van der Waals surface area contributed by atoms with Gasteiger partial charge in [0.2, 0.25) is 0 Å². The molecule has 1 aromatic rings. The molecule has 0 saturated carbocycles. The summed E-state index contributed by atoms with van der Waals surface area (Å²) in [6.07, 6.45) is 1.73. The fourth-order valence-corrected chi connectivity index (χ4v) is 1.79. The zero-order valence-corrected chi connectivity index (χ0v) is 10.2. The van der Waals surface area contributed by atoms with Crippen LogP contribution in [0.5, 0.6) is 0 Å². The van der Waals surface area contributed by atoms with Gasteiger partial charge in [-0.2, -0.15) is 0 Å². The van der Waals surface area contributed by atoms with Gasteiger partial charge >= 0.3 is 0 Å². The molecule has 0 spiro atoms. The lowest BCUT2D eigenvalue weighted by Gasteiger charge is -2.25. The topological polar surface area (TPSA) is 50.2 Å². The maximum atomic E-state index is 9.13. The number of hydrogen-bond donors (Lipinski definition) is 2. The highest BCUT2D eigenvalue weighted by molar-refractivity contribution is 7.71. The molecule has 1 rings (SSSR count). The summed E-state index contributed by atoms with van der Waals surface area (Å²) in [5.41, 5.74) is 0.506. The maximum Gasteiger partial charge on any atom is 0.177 e. The highest BCUT2D eigenvalue weighted by atomic mass is 32.1. The first kappa shape index (κ1) is 12.4. The predicted molar refractivity (Wildman–Crippen MR) is 61.2 cm³/mol. The zero-order valence-electron chi connectivity index (χ0n) is 9.41. The molecule has 4 nitrogen and oxygen atoms in total. The number of H-pyrrole nitrogens is 1. The van der Waals surface area contributed by atoms with Gasteiger partial charge in [0.1, 0.15) is 0 Å². The van der Waals surface area contributed by atoms with Crippen LogP contribution in [0.15, 0.2) is 6.20 Å². The van der Waals surface area contributed by atoms with Crippen molar-refractivity contribution in [3.63, 3.8) is 0 Å². The maximum absolute atomic E-state index is 9.13. The van der Waals surface area contributed by atoms with Crippen molar-refractivity contribution < 1.29 is 9.84 Å². The van der Waals surface area contributed by atoms with E-state index >= 15 is 0 Å². The number of hydrogen-bond acceptors (Lipinski definition) is 3. The van der Waals surface area contributed by atoms with Crippen LogP contribution >= 0.6 is 12.2 Å². The zero-order chi connectivity index (χ0) is 11.5. The van der Waals surface area contributed by atoms with E-state index in [4.69, 9.17) is 22.1 Å². The third kappa shape index (κ3) is 3.15. The lowest BCUT2D eigenvalue weighted by atomic mass is 10.1.